The van der Waals surface area contributed by atoms with Gasteiger partial charge in [0, 0.05) is 11.6 Å². The molecule has 0 aliphatic heterocycles. The molecule has 160 valence electrons. The maximum absolute atomic E-state index is 14.0. The number of benzene rings is 1. The number of carbonyl (C=O) groups is 1. The normalized spacial score (nSPS) is 19.7. The van der Waals surface area contributed by atoms with Gasteiger partial charge in [0.2, 0.25) is 5.91 Å². The van der Waals surface area contributed by atoms with Crippen LogP contribution in [0, 0.1) is 18.7 Å². The number of aryl methyl sites for hydroxylation is 2. The number of hydrogen-bond donors (Lipinski definition) is 1. The van der Waals surface area contributed by atoms with Crippen LogP contribution >= 0.6 is 11.6 Å². The summed E-state index contributed by atoms with van der Waals surface area (Å²) in [5.74, 6) is 0.727. The van der Waals surface area contributed by atoms with E-state index in [4.69, 9.17) is 16.3 Å². The van der Waals surface area contributed by atoms with E-state index in [2.05, 4.69) is 20.3 Å². The van der Waals surface area contributed by atoms with Gasteiger partial charge in [0.05, 0.1) is 29.4 Å². The standard InChI is InChI=1S/C23H22ClFN4O2/c1-3-19-20(12-26-14(2)28-19)31-13-23(15-5-4-6-17(25)9-15)10-18(23)22(30)29-21-8-7-16(24)11-27-21/h4-9,11-12,18H,3,10,13H2,1-2H3,(H,27,29,30)/t18-,23+/m0/s1. The lowest BCUT2D eigenvalue weighted by Crippen LogP contribution is -2.27. The zero-order chi connectivity index (χ0) is 22.0. The first kappa shape index (κ1) is 21.2. The van der Waals surface area contributed by atoms with Crippen molar-refractivity contribution >= 4 is 23.3 Å². The van der Waals surface area contributed by atoms with E-state index in [0.29, 0.717) is 35.3 Å². The summed E-state index contributed by atoms with van der Waals surface area (Å²) in [6, 6.07) is 9.61. The van der Waals surface area contributed by atoms with E-state index in [0.717, 1.165) is 11.3 Å². The first-order valence-electron chi connectivity index (χ1n) is 10.0. The van der Waals surface area contributed by atoms with Gasteiger partial charge in [-0.25, -0.2) is 19.3 Å². The summed E-state index contributed by atoms with van der Waals surface area (Å²) < 4.78 is 20.1. The molecular formula is C23H22ClFN4O2. The lowest BCUT2D eigenvalue weighted by atomic mass is 9.93. The Hall–Kier alpha value is -3.06. The average Bonchev–Trinajstić information content (AvgIpc) is 3.50. The summed E-state index contributed by atoms with van der Waals surface area (Å²) in [6.07, 6.45) is 4.34. The van der Waals surface area contributed by atoms with Crippen LogP contribution in [0.25, 0.3) is 0 Å². The smallest absolute Gasteiger partial charge is 0.229 e. The quantitative estimate of drug-likeness (QED) is 0.585. The van der Waals surface area contributed by atoms with Crippen molar-refractivity contribution in [2.24, 2.45) is 5.92 Å². The molecule has 1 amide bonds. The Morgan fingerprint density at radius 2 is 2.13 bits per heavy atom. The van der Waals surface area contributed by atoms with Gasteiger partial charge in [-0.05, 0) is 49.6 Å². The van der Waals surface area contributed by atoms with Crippen LogP contribution < -0.4 is 10.1 Å². The predicted octanol–water partition coefficient (Wildman–Crippen LogP) is 4.51. The van der Waals surface area contributed by atoms with Gasteiger partial charge >= 0.3 is 0 Å². The number of aromatic nitrogens is 3. The van der Waals surface area contributed by atoms with E-state index in [-0.39, 0.29) is 24.2 Å². The van der Waals surface area contributed by atoms with Crippen molar-refractivity contribution in [3.05, 3.63) is 76.7 Å². The number of nitrogens with one attached hydrogen (secondary N) is 1. The molecule has 2 atom stereocenters. The molecule has 0 radical (unpaired) electrons. The Balaban J connectivity index is 1.57. The Labute approximate surface area is 184 Å². The van der Waals surface area contributed by atoms with Crippen molar-refractivity contribution < 1.29 is 13.9 Å². The minimum atomic E-state index is -0.644. The maximum atomic E-state index is 14.0. The molecule has 3 aromatic rings. The first-order chi connectivity index (χ1) is 14.9. The third kappa shape index (κ3) is 4.51. The van der Waals surface area contributed by atoms with Crippen LogP contribution in [0.2, 0.25) is 5.02 Å². The minimum absolute atomic E-state index is 0.196. The highest BCUT2D eigenvalue weighted by Crippen LogP contribution is 2.55. The molecule has 0 saturated heterocycles. The number of pyridine rings is 1. The second kappa shape index (κ2) is 8.59. The van der Waals surface area contributed by atoms with Crippen molar-refractivity contribution in [1.82, 2.24) is 15.0 Å². The third-order valence-electron chi connectivity index (χ3n) is 5.54. The van der Waals surface area contributed by atoms with Crippen LogP contribution in [0.4, 0.5) is 10.2 Å². The lowest BCUT2D eigenvalue weighted by Gasteiger charge is -2.20. The fourth-order valence-corrected chi connectivity index (χ4v) is 3.87. The van der Waals surface area contributed by atoms with Crippen molar-refractivity contribution in [1.29, 1.82) is 0 Å². The monoisotopic (exact) mass is 440 g/mol. The second-order valence-electron chi connectivity index (χ2n) is 7.64. The van der Waals surface area contributed by atoms with E-state index in [1.165, 1.54) is 18.3 Å². The second-order valence-corrected chi connectivity index (χ2v) is 8.08. The van der Waals surface area contributed by atoms with Crippen LogP contribution in [0.3, 0.4) is 0 Å². The third-order valence-corrected chi connectivity index (χ3v) is 5.76. The number of ether oxygens (including phenoxy) is 1. The van der Waals surface area contributed by atoms with Gasteiger partial charge < -0.3 is 10.1 Å². The highest BCUT2D eigenvalue weighted by Gasteiger charge is 2.60. The van der Waals surface area contributed by atoms with Gasteiger partial charge in [0.1, 0.15) is 17.5 Å². The Bertz CT molecular complexity index is 1110. The van der Waals surface area contributed by atoms with Crippen LogP contribution in [0.5, 0.6) is 5.75 Å². The van der Waals surface area contributed by atoms with Crippen molar-refractivity contribution in [3.8, 4) is 5.75 Å². The van der Waals surface area contributed by atoms with Gasteiger partial charge in [0.15, 0.2) is 5.75 Å². The molecule has 0 bridgehead atoms. The molecule has 1 N–H and O–H groups in total. The Morgan fingerprint density at radius 1 is 1.29 bits per heavy atom. The van der Waals surface area contributed by atoms with E-state index in [1.54, 1.807) is 24.4 Å². The summed E-state index contributed by atoms with van der Waals surface area (Å²) in [5.41, 5.74) is 0.880. The molecule has 0 spiro atoms. The summed E-state index contributed by atoms with van der Waals surface area (Å²) in [7, 11) is 0. The van der Waals surface area contributed by atoms with E-state index < -0.39 is 5.41 Å². The zero-order valence-corrected chi connectivity index (χ0v) is 18.0. The first-order valence-corrected chi connectivity index (χ1v) is 10.4. The van der Waals surface area contributed by atoms with Crippen LogP contribution in [0.1, 0.15) is 30.4 Å². The minimum Gasteiger partial charge on any atom is -0.489 e. The molecule has 1 aliphatic rings. The topological polar surface area (TPSA) is 77.0 Å². The number of carbonyl (C=O) groups excluding carboxylic acids is 1. The fraction of sp³-hybridized carbons (Fsp3) is 0.304. The molecule has 6 nitrogen and oxygen atoms in total. The van der Waals surface area contributed by atoms with Crippen molar-refractivity contribution in [2.45, 2.75) is 32.1 Å². The summed E-state index contributed by atoms with van der Waals surface area (Å²) in [4.78, 5) is 25.7. The molecule has 0 unspecified atom stereocenters. The van der Waals surface area contributed by atoms with Crippen LogP contribution in [-0.4, -0.2) is 27.5 Å². The van der Waals surface area contributed by atoms with E-state index in [1.807, 2.05) is 19.9 Å². The van der Waals surface area contributed by atoms with Gasteiger partial charge in [-0.2, -0.15) is 0 Å². The summed E-state index contributed by atoms with van der Waals surface area (Å²) >= 11 is 5.86. The molecule has 1 saturated carbocycles. The number of hydrogen-bond acceptors (Lipinski definition) is 5. The molecule has 1 aliphatic carbocycles. The Kier molecular flexibility index (Phi) is 5.87. The number of nitrogens with zero attached hydrogens (tertiary/aromatic N) is 3. The lowest BCUT2D eigenvalue weighted by molar-refractivity contribution is -0.117. The summed E-state index contributed by atoms with van der Waals surface area (Å²) in [5, 5.41) is 3.30. The van der Waals surface area contributed by atoms with Gasteiger partial charge in [-0.15, -0.1) is 0 Å². The van der Waals surface area contributed by atoms with Crippen LogP contribution in [-0.2, 0) is 16.6 Å². The number of amides is 1. The van der Waals surface area contributed by atoms with Gasteiger partial charge in [-0.1, -0.05) is 30.7 Å². The van der Waals surface area contributed by atoms with E-state index >= 15 is 0 Å². The SMILES string of the molecule is CCc1nc(C)ncc1OC[C@@]1(c2cccc(F)c2)C[C@H]1C(=O)Nc1ccc(Cl)cn1. The zero-order valence-electron chi connectivity index (χ0n) is 17.2. The average molecular weight is 441 g/mol. The highest BCUT2D eigenvalue weighted by atomic mass is 35.5. The van der Waals surface area contributed by atoms with Crippen molar-refractivity contribution in [2.75, 3.05) is 11.9 Å². The molecular weight excluding hydrogens is 419 g/mol. The predicted molar refractivity (Wildman–Crippen MR) is 116 cm³/mol. The van der Waals surface area contributed by atoms with Crippen LogP contribution in [0.15, 0.2) is 48.8 Å². The van der Waals surface area contributed by atoms with E-state index in [9.17, 15) is 9.18 Å². The molecule has 31 heavy (non-hydrogen) atoms. The van der Waals surface area contributed by atoms with Gasteiger partial charge in [-0.3, -0.25) is 4.79 Å². The Morgan fingerprint density at radius 3 is 2.84 bits per heavy atom. The maximum Gasteiger partial charge on any atom is 0.229 e. The molecule has 4 rings (SSSR count). The highest BCUT2D eigenvalue weighted by molar-refractivity contribution is 6.30. The molecule has 8 heteroatoms. The molecule has 1 fully saturated rings. The van der Waals surface area contributed by atoms with Gasteiger partial charge in [0.25, 0.3) is 0 Å². The molecule has 1 aromatic carbocycles. The fourth-order valence-electron chi connectivity index (χ4n) is 3.76. The molecule has 2 aromatic heterocycles. The summed E-state index contributed by atoms with van der Waals surface area (Å²) in [6.45, 7) is 4.02. The number of halogens is 2. The number of anilines is 1. The number of rotatable bonds is 7. The van der Waals surface area contributed by atoms with Crippen molar-refractivity contribution in [3.63, 3.8) is 0 Å². The largest absolute Gasteiger partial charge is 0.489 e. The molecule has 2 heterocycles.